The summed E-state index contributed by atoms with van der Waals surface area (Å²) in [5.74, 6) is -3.42. The van der Waals surface area contributed by atoms with Gasteiger partial charge in [-0.15, -0.1) is 6.58 Å². The number of Topliss-reactive ketones (excluding diaryl/α,β-unsaturated/α-hetero) is 1. The van der Waals surface area contributed by atoms with E-state index in [1.165, 1.54) is 0 Å². The molecule has 0 aliphatic carbocycles. The second kappa shape index (κ2) is 5.94. The molecule has 0 bridgehead atoms. The second-order valence-corrected chi connectivity index (χ2v) is 4.68. The third-order valence-electron chi connectivity index (χ3n) is 3.30. The van der Waals surface area contributed by atoms with E-state index in [9.17, 15) is 18.4 Å². The summed E-state index contributed by atoms with van der Waals surface area (Å²) < 4.78 is 27.4. The Labute approximate surface area is 115 Å². The van der Waals surface area contributed by atoms with Crippen molar-refractivity contribution in [3.05, 3.63) is 42.0 Å². The van der Waals surface area contributed by atoms with Gasteiger partial charge in [0.15, 0.2) is 0 Å². The van der Waals surface area contributed by atoms with Gasteiger partial charge < -0.3 is 4.90 Å². The number of nitrogens with zero attached hydrogens (tertiary/aromatic N) is 1. The molecule has 5 heteroatoms. The van der Waals surface area contributed by atoms with Gasteiger partial charge in [0.1, 0.15) is 11.6 Å². The Morgan fingerprint density at radius 2 is 1.80 bits per heavy atom. The Kier molecular flexibility index (Phi) is 4.27. The molecule has 1 aromatic rings. The fourth-order valence-electron chi connectivity index (χ4n) is 2.30. The summed E-state index contributed by atoms with van der Waals surface area (Å²) in [4.78, 5) is 24.6. The van der Waals surface area contributed by atoms with E-state index in [0.717, 1.165) is 36.3 Å². The van der Waals surface area contributed by atoms with Gasteiger partial charge in [-0.2, -0.15) is 0 Å². The first-order valence-corrected chi connectivity index (χ1v) is 6.53. The maximum Gasteiger partial charge on any atom is 0.299 e. The highest BCUT2D eigenvalue weighted by Crippen LogP contribution is 2.33. The van der Waals surface area contributed by atoms with E-state index in [-0.39, 0.29) is 12.2 Å². The number of carbonyl (C=O) groups excluding carboxylic acids is 2. The number of benzene rings is 1. The molecule has 1 aromatic carbocycles. The first-order chi connectivity index (χ1) is 9.57. The molecule has 0 N–H and O–H groups in total. The number of halogens is 2. The molecule has 106 valence electrons. The van der Waals surface area contributed by atoms with Crippen molar-refractivity contribution in [2.24, 2.45) is 0 Å². The minimum absolute atomic E-state index is 0.217. The number of amides is 1. The Morgan fingerprint density at radius 1 is 1.10 bits per heavy atom. The van der Waals surface area contributed by atoms with E-state index in [1.54, 1.807) is 6.08 Å². The van der Waals surface area contributed by atoms with Crippen molar-refractivity contribution >= 4 is 17.4 Å². The molecule has 0 unspecified atom stereocenters. The zero-order chi connectivity index (χ0) is 14.7. The summed E-state index contributed by atoms with van der Waals surface area (Å²) in [6.07, 6.45) is 5.04. The van der Waals surface area contributed by atoms with Crippen LogP contribution in [0.4, 0.5) is 14.5 Å². The van der Waals surface area contributed by atoms with E-state index in [1.807, 2.05) is 0 Å². The number of allylic oxidation sites excluding steroid dienone is 1. The Balaban J connectivity index is 2.16. The number of hydrogen-bond donors (Lipinski definition) is 0. The monoisotopic (exact) mass is 279 g/mol. The molecule has 0 radical (unpaired) electrons. The van der Waals surface area contributed by atoms with Gasteiger partial charge in [-0.25, -0.2) is 8.78 Å². The zero-order valence-corrected chi connectivity index (χ0v) is 11.0. The van der Waals surface area contributed by atoms with E-state index in [2.05, 4.69) is 6.58 Å². The van der Waals surface area contributed by atoms with Crippen LogP contribution in [0, 0.1) is 11.6 Å². The van der Waals surface area contributed by atoms with Gasteiger partial charge in [-0.1, -0.05) is 12.5 Å². The average molecular weight is 279 g/mol. The van der Waals surface area contributed by atoms with Crippen molar-refractivity contribution in [1.29, 1.82) is 0 Å². The van der Waals surface area contributed by atoms with Crippen LogP contribution in [0.25, 0.3) is 0 Å². The first-order valence-electron chi connectivity index (χ1n) is 6.53. The van der Waals surface area contributed by atoms with Gasteiger partial charge in [-0.3, -0.25) is 9.59 Å². The van der Waals surface area contributed by atoms with Crippen LogP contribution in [-0.2, 0) is 4.79 Å². The molecule has 0 saturated heterocycles. The number of unbranched alkanes of at least 4 members (excludes halogenated alkanes) is 3. The summed E-state index contributed by atoms with van der Waals surface area (Å²) in [5, 5.41) is 0. The molecule has 0 spiro atoms. The number of hydrogen-bond acceptors (Lipinski definition) is 2. The van der Waals surface area contributed by atoms with Crippen molar-refractivity contribution in [1.82, 2.24) is 0 Å². The molecule has 2 rings (SSSR count). The number of anilines is 1. The lowest BCUT2D eigenvalue weighted by Gasteiger charge is -2.16. The molecular weight excluding hydrogens is 264 g/mol. The molecule has 1 heterocycles. The van der Waals surface area contributed by atoms with E-state index in [0.29, 0.717) is 6.42 Å². The van der Waals surface area contributed by atoms with Crippen LogP contribution in [0.1, 0.15) is 36.0 Å². The smallest absolute Gasteiger partial charge is 0.299 e. The lowest BCUT2D eigenvalue weighted by Crippen LogP contribution is -2.31. The molecular formula is C15H15F2NO2. The van der Waals surface area contributed by atoms with E-state index in [4.69, 9.17) is 0 Å². The predicted molar refractivity (Wildman–Crippen MR) is 71.7 cm³/mol. The summed E-state index contributed by atoms with van der Waals surface area (Å²) in [7, 11) is 0. The average Bonchev–Trinajstić information content (AvgIpc) is 2.68. The number of ketones is 1. The van der Waals surface area contributed by atoms with Crippen molar-refractivity contribution in [2.45, 2.75) is 25.7 Å². The van der Waals surface area contributed by atoms with Gasteiger partial charge in [0, 0.05) is 6.54 Å². The summed E-state index contributed by atoms with van der Waals surface area (Å²) in [6.45, 7) is 3.83. The zero-order valence-electron chi connectivity index (χ0n) is 11.0. The molecule has 0 saturated carbocycles. The van der Waals surface area contributed by atoms with Crippen LogP contribution < -0.4 is 4.90 Å². The molecule has 0 atom stereocenters. The fraction of sp³-hybridized carbons (Fsp3) is 0.333. The van der Waals surface area contributed by atoms with Crippen molar-refractivity contribution in [2.75, 3.05) is 11.4 Å². The third kappa shape index (κ3) is 2.48. The molecule has 1 amide bonds. The second-order valence-electron chi connectivity index (χ2n) is 4.68. The topological polar surface area (TPSA) is 37.4 Å². The summed E-state index contributed by atoms with van der Waals surface area (Å²) >= 11 is 0. The first kappa shape index (κ1) is 14.4. The molecule has 1 aliphatic rings. The third-order valence-corrected chi connectivity index (χ3v) is 3.30. The molecule has 20 heavy (non-hydrogen) atoms. The normalized spacial score (nSPS) is 13.8. The highest BCUT2D eigenvalue weighted by Gasteiger charge is 2.40. The minimum atomic E-state index is -0.969. The molecule has 1 aliphatic heterocycles. The number of fused-ring (bicyclic) bond motifs is 1. The van der Waals surface area contributed by atoms with E-state index < -0.39 is 28.9 Å². The highest BCUT2D eigenvalue weighted by atomic mass is 19.1. The van der Waals surface area contributed by atoms with Crippen molar-refractivity contribution in [3.8, 4) is 0 Å². The molecule has 3 nitrogen and oxygen atoms in total. The maximum absolute atomic E-state index is 13.8. The number of rotatable bonds is 6. The Bertz CT molecular complexity index is 569. The van der Waals surface area contributed by atoms with Crippen LogP contribution in [0.3, 0.4) is 0 Å². The molecule has 0 aromatic heterocycles. The van der Waals surface area contributed by atoms with Crippen molar-refractivity contribution < 1.29 is 18.4 Å². The SMILES string of the molecule is C=CCCCCCN1C(=O)C(=O)c2c(F)ccc(F)c21. The van der Waals surface area contributed by atoms with Crippen LogP contribution in [0.5, 0.6) is 0 Å². The standard InChI is InChI=1S/C15H15F2NO2/c1-2-3-4-5-6-9-18-13-11(17)8-7-10(16)12(13)14(19)15(18)20/h2,7-8H,1,3-6,9H2. The molecule has 0 fully saturated rings. The van der Waals surface area contributed by atoms with Crippen LogP contribution in [0.15, 0.2) is 24.8 Å². The van der Waals surface area contributed by atoms with Crippen LogP contribution in [-0.4, -0.2) is 18.2 Å². The van der Waals surface area contributed by atoms with Gasteiger partial charge in [0.25, 0.3) is 11.7 Å². The summed E-state index contributed by atoms with van der Waals surface area (Å²) in [5.41, 5.74) is -0.662. The lowest BCUT2D eigenvalue weighted by molar-refractivity contribution is -0.114. The highest BCUT2D eigenvalue weighted by molar-refractivity contribution is 6.52. The Morgan fingerprint density at radius 3 is 2.50 bits per heavy atom. The van der Waals surface area contributed by atoms with Crippen LogP contribution in [0.2, 0.25) is 0 Å². The largest absolute Gasteiger partial charge is 0.302 e. The van der Waals surface area contributed by atoms with Gasteiger partial charge in [0.2, 0.25) is 0 Å². The van der Waals surface area contributed by atoms with Gasteiger partial charge in [-0.05, 0) is 31.4 Å². The minimum Gasteiger partial charge on any atom is -0.302 e. The van der Waals surface area contributed by atoms with Gasteiger partial charge >= 0.3 is 0 Å². The predicted octanol–water partition coefficient (Wildman–Crippen LogP) is 3.24. The quantitative estimate of drug-likeness (QED) is 0.455. The summed E-state index contributed by atoms with van der Waals surface area (Å²) in [6, 6.07) is 1.80. The maximum atomic E-state index is 13.8. The van der Waals surface area contributed by atoms with E-state index >= 15 is 0 Å². The fourth-order valence-corrected chi connectivity index (χ4v) is 2.30. The number of carbonyl (C=O) groups is 2. The van der Waals surface area contributed by atoms with Crippen molar-refractivity contribution in [3.63, 3.8) is 0 Å². The van der Waals surface area contributed by atoms with Crippen LogP contribution >= 0.6 is 0 Å². The van der Waals surface area contributed by atoms with Gasteiger partial charge in [0.05, 0.1) is 11.3 Å². The Hall–Kier alpha value is -2.04. The lowest BCUT2D eigenvalue weighted by atomic mass is 10.1.